The monoisotopic (exact) mass is 329 g/mol. The van der Waals surface area contributed by atoms with Crippen molar-refractivity contribution in [3.05, 3.63) is 28.2 Å². The van der Waals surface area contributed by atoms with Crippen molar-refractivity contribution in [3.63, 3.8) is 0 Å². The molecule has 1 aromatic carbocycles. The van der Waals surface area contributed by atoms with E-state index in [1.54, 1.807) is 0 Å². The second-order valence-electron chi connectivity index (χ2n) is 5.04. The van der Waals surface area contributed by atoms with Crippen LogP contribution in [0.3, 0.4) is 0 Å². The van der Waals surface area contributed by atoms with Crippen LogP contribution in [0.25, 0.3) is 0 Å². The lowest BCUT2D eigenvalue weighted by molar-refractivity contribution is -0.124. The average molecular weight is 330 g/mol. The number of carbonyl (C=O) groups excluding carboxylic acids is 1. The highest BCUT2D eigenvalue weighted by Crippen LogP contribution is 2.26. The molecule has 0 unspecified atom stereocenters. The highest BCUT2D eigenvalue weighted by atomic mass is 79.9. The van der Waals surface area contributed by atoms with Crippen LogP contribution in [-0.2, 0) is 4.79 Å². The summed E-state index contributed by atoms with van der Waals surface area (Å²) in [6, 6.07) is 4.36. The molecular formula is C13H16BrNO4. The van der Waals surface area contributed by atoms with E-state index in [4.69, 9.17) is 9.84 Å². The van der Waals surface area contributed by atoms with Gasteiger partial charge in [-0.1, -0.05) is 0 Å². The van der Waals surface area contributed by atoms with Gasteiger partial charge in [-0.15, -0.1) is 0 Å². The van der Waals surface area contributed by atoms with Gasteiger partial charge in [-0.3, -0.25) is 4.79 Å². The molecule has 0 aliphatic carbocycles. The lowest BCUT2D eigenvalue weighted by atomic mass is 10.1. The molecular weight excluding hydrogens is 314 g/mol. The van der Waals surface area contributed by atoms with Crippen LogP contribution in [0.2, 0.25) is 0 Å². The minimum absolute atomic E-state index is 0.123. The minimum Gasteiger partial charge on any atom is -0.483 e. The molecule has 0 fully saturated rings. The lowest BCUT2D eigenvalue weighted by Crippen LogP contribution is -2.43. The van der Waals surface area contributed by atoms with Crippen molar-refractivity contribution in [1.82, 2.24) is 5.32 Å². The van der Waals surface area contributed by atoms with Crippen molar-refractivity contribution in [2.24, 2.45) is 0 Å². The van der Waals surface area contributed by atoms with Gasteiger partial charge in [0.2, 0.25) is 0 Å². The first kappa shape index (κ1) is 15.5. The van der Waals surface area contributed by atoms with Crippen LogP contribution in [0, 0.1) is 0 Å². The number of carbonyl (C=O) groups is 2. The molecule has 19 heavy (non-hydrogen) atoms. The van der Waals surface area contributed by atoms with Crippen LogP contribution >= 0.6 is 15.9 Å². The van der Waals surface area contributed by atoms with E-state index in [-0.39, 0.29) is 23.6 Å². The van der Waals surface area contributed by atoms with E-state index >= 15 is 0 Å². The number of ether oxygens (including phenoxy) is 1. The van der Waals surface area contributed by atoms with Gasteiger partial charge in [-0.2, -0.15) is 0 Å². The second kappa shape index (κ2) is 6.06. The van der Waals surface area contributed by atoms with E-state index in [2.05, 4.69) is 21.2 Å². The molecule has 6 heteroatoms. The normalized spacial score (nSPS) is 10.9. The minimum atomic E-state index is -1.02. The Kier molecular flexibility index (Phi) is 4.94. The maximum Gasteiger partial charge on any atom is 0.335 e. The summed E-state index contributed by atoms with van der Waals surface area (Å²) in [6.07, 6.45) is 0. The SMILES string of the molecule is CC(C)(C)NC(=O)COc1ccc(C(=O)O)cc1Br. The number of aromatic carboxylic acids is 1. The third kappa shape index (κ3) is 5.30. The van der Waals surface area contributed by atoms with Gasteiger partial charge in [0, 0.05) is 5.54 Å². The fourth-order valence-electron chi connectivity index (χ4n) is 1.35. The summed E-state index contributed by atoms with van der Waals surface area (Å²) in [4.78, 5) is 22.3. The number of carboxylic acid groups (broad SMARTS) is 1. The van der Waals surface area contributed by atoms with Crippen molar-refractivity contribution in [2.75, 3.05) is 6.61 Å². The van der Waals surface area contributed by atoms with Crippen LogP contribution < -0.4 is 10.1 Å². The Bertz CT molecular complexity index is 494. The number of rotatable bonds is 4. The predicted molar refractivity (Wildman–Crippen MR) is 74.5 cm³/mol. The molecule has 0 bridgehead atoms. The summed E-state index contributed by atoms with van der Waals surface area (Å²) in [5.41, 5.74) is -0.163. The molecule has 0 radical (unpaired) electrons. The maximum atomic E-state index is 11.6. The van der Waals surface area contributed by atoms with E-state index in [0.29, 0.717) is 10.2 Å². The molecule has 0 spiro atoms. The summed E-state index contributed by atoms with van der Waals surface area (Å²) in [7, 11) is 0. The molecule has 0 aliphatic heterocycles. The quantitative estimate of drug-likeness (QED) is 0.889. The van der Waals surface area contributed by atoms with Gasteiger partial charge >= 0.3 is 5.97 Å². The molecule has 5 nitrogen and oxygen atoms in total. The average Bonchev–Trinajstić information content (AvgIpc) is 2.24. The molecule has 0 aromatic heterocycles. The number of nitrogens with one attached hydrogen (secondary N) is 1. The Labute approximate surface area is 120 Å². The Hall–Kier alpha value is -1.56. The summed E-state index contributed by atoms with van der Waals surface area (Å²) in [5, 5.41) is 11.6. The van der Waals surface area contributed by atoms with E-state index < -0.39 is 5.97 Å². The van der Waals surface area contributed by atoms with Gasteiger partial charge in [0.1, 0.15) is 5.75 Å². The Morgan fingerprint density at radius 2 is 2.00 bits per heavy atom. The number of halogens is 1. The van der Waals surface area contributed by atoms with Crippen LogP contribution in [0.5, 0.6) is 5.75 Å². The molecule has 104 valence electrons. The van der Waals surface area contributed by atoms with Crippen molar-refractivity contribution in [2.45, 2.75) is 26.3 Å². The van der Waals surface area contributed by atoms with Gasteiger partial charge in [-0.25, -0.2) is 4.79 Å². The summed E-state index contributed by atoms with van der Waals surface area (Å²) in [6.45, 7) is 5.51. The van der Waals surface area contributed by atoms with Crippen LogP contribution in [0.15, 0.2) is 22.7 Å². The Balaban J connectivity index is 2.64. The van der Waals surface area contributed by atoms with Gasteiger partial charge in [0.25, 0.3) is 5.91 Å². The molecule has 0 aliphatic rings. The molecule has 0 atom stereocenters. The van der Waals surface area contributed by atoms with Gasteiger partial charge in [0.05, 0.1) is 10.0 Å². The van der Waals surface area contributed by atoms with Crippen LogP contribution in [-0.4, -0.2) is 29.1 Å². The third-order valence-electron chi connectivity index (χ3n) is 2.05. The molecule has 1 amide bonds. The predicted octanol–water partition coefficient (Wildman–Crippen LogP) is 2.44. The van der Waals surface area contributed by atoms with E-state index in [9.17, 15) is 9.59 Å². The van der Waals surface area contributed by atoms with E-state index in [1.807, 2.05) is 20.8 Å². The van der Waals surface area contributed by atoms with Gasteiger partial charge < -0.3 is 15.2 Å². The zero-order valence-electron chi connectivity index (χ0n) is 11.0. The van der Waals surface area contributed by atoms with Crippen LogP contribution in [0.1, 0.15) is 31.1 Å². The topological polar surface area (TPSA) is 75.6 Å². The number of hydrogen-bond donors (Lipinski definition) is 2. The largest absolute Gasteiger partial charge is 0.483 e. The molecule has 0 saturated heterocycles. The smallest absolute Gasteiger partial charge is 0.335 e. The van der Waals surface area contributed by atoms with Gasteiger partial charge in [0.15, 0.2) is 6.61 Å². The fourth-order valence-corrected chi connectivity index (χ4v) is 1.84. The molecule has 0 heterocycles. The van der Waals surface area contributed by atoms with Gasteiger partial charge in [-0.05, 0) is 54.9 Å². The third-order valence-corrected chi connectivity index (χ3v) is 2.67. The van der Waals surface area contributed by atoms with Crippen molar-refractivity contribution < 1.29 is 19.4 Å². The van der Waals surface area contributed by atoms with Crippen molar-refractivity contribution in [3.8, 4) is 5.75 Å². The molecule has 0 saturated carbocycles. The molecule has 2 N–H and O–H groups in total. The number of hydrogen-bond acceptors (Lipinski definition) is 3. The zero-order valence-corrected chi connectivity index (χ0v) is 12.6. The summed E-state index contributed by atoms with van der Waals surface area (Å²) in [5.74, 6) is -0.825. The zero-order chi connectivity index (χ0) is 14.6. The highest BCUT2D eigenvalue weighted by Gasteiger charge is 2.15. The second-order valence-corrected chi connectivity index (χ2v) is 5.89. The van der Waals surface area contributed by atoms with E-state index in [1.165, 1.54) is 18.2 Å². The Morgan fingerprint density at radius 1 is 1.37 bits per heavy atom. The first-order valence-electron chi connectivity index (χ1n) is 5.66. The van der Waals surface area contributed by atoms with Crippen LogP contribution in [0.4, 0.5) is 0 Å². The van der Waals surface area contributed by atoms with Crippen molar-refractivity contribution >= 4 is 27.8 Å². The molecule has 1 aromatic rings. The number of carboxylic acids is 1. The Morgan fingerprint density at radius 3 is 2.47 bits per heavy atom. The fraction of sp³-hybridized carbons (Fsp3) is 0.385. The molecule has 1 rings (SSSR count). The van der Waals surface area contributed by atoms with E-state index in [0.717, 1.165) is 0 Å². The maximum absolute atomic E-state index is 11.6. The standard InChI is InChI=1S/C13H16BrNO4/c1-13(2,3)15-11(16)7-19-10-5-4-8(12(17)18)6-9(10)14/h4-6H,7H2,1-3H3,(H,15,16)(H,17,18). The first-order chi connectivity index (χ1) is 8.69. The lowest BCUT2D eigenvalue weighted by Gasteiger charge is -2.20. The summed E-state index contributed by atoms with van der Waals surface area (Å²) < 4.78 is 5.82. The highest BCUT2D eigenvalue weighted by molar-refractivity contribution is 9.10. The summed E-state index contributed by atoms with van der Waals surface area (Å²) >= 11 is 3.21. The van der Waals surface area contributed by atoms with Crippen molar-refractivity contribution in [1.29, 1.82) is 0 Å². The number of benzene rings is 1. The number of amides is 1. The first-order valence-corrected chi connectivity index (χ1v) is 6.45.